The summed E-state index contributed by atoms with van der Waals surface area (Å²) in [5.74, 6) is 0.0333. The Hall–Kier alpha value is -1.65. The van der Waals surface area contributed by atoms with E-state index in [0.717, 1.165) is 6.42 Å². The van der Waals surface area contributed by atoms with Crippen LogP contribution in [0, 0.1) is 0 Å². The van der Waals surface area contributed by atoms with Crippen LogP contribution in [0.2, 0.25) is 0 Å². The third kappa shape index (κ3) is 1.22. The third-order valence-electron chi connectivity index (χ3n) is 2.15. The van der Waals surface area contributed by atoms with Gasteiger partial charge in [-0.2, -0.15) is 4.98 Å². The molecule has 0 bridgehead atoms. The Morgan fingerprint density at radius 3 is 2.85 bits per heavy atom. The van der Waals surface area contributed by atoms with E-state index in [9.17, 15) is 9.59 Å². The zero-order chi connectivity index (χ0) is 9.42. The summed E-state index contributed by atoms with van der Waals surface area (Å²) in [7, 11) is 0. The summed E-state index contributed by atoms with van der Waals surface area (Å²) in [6, 6.07) is 0. The first kappa shape index (κ1) is 7.97. The second-order valence-electron chi connectivity index (χ2n) is 3.06. The standard InChI is InChI=1S/C8H9N3O2/c9-7-6-4(10-8(13)11-7)2-1-3-5(6)12/h1-3H2,(H3,9,10,11,13). The highest BCUT2D eigenvalue weighted by Gasteiger charge is 2.21. The second-order valence-corrected chi connectivity index (χ2v) is 3.06. The van der Waals surface area contributed by atoms with Crippen molar-refractivity contribution >= 4 is 11.6 Å². The highest BCUT2D eigenvalue weighted by molar-refractivity contribution is 6.01. The monoisotopic (exact) mass is 179 g/mol. The van der Waals surface area contributed by atoms with E-state index in [2.05, 4.69) is 9.97 Å². The fraction of sp³-hybridized carbons (Fsp3) is 0.375. The molecule has 2 rings (SSSR count). The van der Waals surface area contributed by atoms with Gasteiger partial charge in [0.2, 0.25) is 0 Å². The van der Waals surface area contributed by atoms with Crippen LogP contribution in [0.25, 0.3) is 0 Å². The summed E-state index contributed by atoms with van der Waals surface area (Å²) in [5, 5.41) is 0. The van der Waals surface area contributed by atoms with E-state index in [1.54, 1.807) is 0 Å². The number of rotatable bonds is 0. The number of nitrogens with two attached hydrogens (primary N) is 1. The van der Waals surface area contributed by atoms with E-state index >= 15 is 0 Å². The average molecular weight is 179 g/mol. The van der Waals surface area contributed by atoms with Crippen LogP contribution in [0.5, 0.6) is 0 Å². The van der Waals surface area contributed by atoms with E-state index in [1.807, 2.05) is 0 Å². The minimum absolute atomic E-state index is 0.0255. The van der Waals surface area contributed by atoms with Crippen LogP contribution in [0.3, 0.4) is 0 Å². The first-order valence-corrected chi connectivity index (χ1v) is 4.10. The van der Waals surface area contributed by atoms with Crippen molar-refractivity contribution in [1.82, 2.24) is 9.97 Å². The number of Topliss-reactive ketones (excluding diaryl/α,β-unsaturated/α-hetero) is 1. The van der Waals surface area contributed by atoms with E-state index in [1.165, 1.54) is 0 Å². The predicted octanol–water partition coefficient (Wildman–Crippen LogP) is -0.129. The van der Waals surface area contributed by atoms with Gasteiger partial charge in [0.1, 0.15) is 5.82 Å². The Balaban J connectivity index is 2.70. The van der Waals surface area contributed by atoms with Crippen LogP contribution in [-0.2, 0) is 6.42 Å². The van der Waals surface area contributed by atoms with Gasteiger partial charge in [-0.25, -0.2) is 4.79 Å². The lowest BCUT2D eigenvalue weighted by Crippen LogP contribution is -2.23. The quantitative estimate of drug-likeness (QED) is 0.580. The molecular weight excluding hydrogens is 170 g/mol. The van der Waals surface area contributed by atoms with Crippen molar-refractivity contribution in [2.24, 2.45) is 0 Å². The molecule has 3 N–H and O–H groups in total. The number of nitrogens with zero attached hydrogens (tertiary/aromatic N) is 1. The number of ketones is 1. The van der Waals surface area contributed by atoms with Gasteiger partial charge in [-0.3, -0.25) is 4.79 Å². The molecule has 13 heavy (non-hydrogen) atoms. The van der Waals surface area contributed by atoms with Crippen molar-refractivity contribution in [1.29, 1.82) is 0 Å². The van der Waals surface area contributed by atoms with Crippen molar-refractivity contribution < 1.29 is 4.79 Å². The van der Waals surface area contributed by atoms with Crippen LogP contribution in [0.1, 0.15) is 28.9 Å². The molecule has 0 aliphatic heterocycles. The number of fused-ring (bicyclic) bond motifs is 1. The molecule has 0 radical (unpaired) electrons. The van der Waals surface area contributed by atoms with Crippen LogP contribution in [0.4, 0.5) is 5.82 Å². The number of aromatic amines is 1. The number of hydrogen-bond donors (Lipinski definition) is 2. The van der Waals surface area contributed by atoms with E-state index < -0.39 is 5.69 Å². The number of anilines is 1. The maximum absolute atomic E-state index is 11.4. The largest absolute Gasteiger partial charge is 0.383 e. The van der Waals surface area contributed by atoms with Gasteiger partial charge in [0, 0.05) is 12.1 Å². The highest BCUT2D eigenvalue weighted by Crippen LogP contribution is 2.21. The van der Waals surface area contributed by atoms with Crippen LogP contribution < -0.4 is 11.4 Å². The fourth-order valence-electron chi connectivity index (χ4n) is 1.59. The summed E-state index contributed by atoms with van der Waals surface area (Å²) in [6.07, 6.45) is 1.96. The summed E-state index contributed by atoms with van der Waals surface area (Å²) in [5.41, 5.74) is 6.04. The SMILES string of the molecule is Nc1nc(=O)[nH]c2c1C(=O)CCC2. The molecule has 0 saturated heterocycles. The molecule has 0 spiro atoms. The van der Waals surface area contributed by atoms with E-state index in [4.69, 9.17) is 5.73 Å². The molecule has 1 aromatic rings. The van der Waals surface area contributed by atoms with Gasteiger partial charge in [-0.15, -0.1) is 0 Å². The Labute approximate surface area is 74.0 Å². The lowest BCUT2D eigenvalue weighted by molar-refractivity contribution is 0.0972. The minimum Gasteiger partial charge on any atom is -0.383 e. The van der Waals surface area contributed by atoms with Gasteiger partial charge in [0.15, 0.2) is 5.78 Å². The maximum Gasteiger partial charge on any atom is 0.347 e. The van der Waals surface area contributed by atoms with E-state index in [-0.39, 0.29) is 11.6 Å². The molecule has 0 saturated carbocycles. The Morgan fingerprint density at radius 2 is 2.08 bits per heavy atom. The molecule has 0 aromatic carbocycles. The smallest absolute Gasteiger partial charge is 0.347 e. The Kier molecular flexibility index (Phi) is 1.65. The maximum atomic E-state index is 11.4. The van der Waals surface area contributed by atoms with Crippen molar-refractivity contribution in [2.75, 3.05) is 5.73 Å². The summed E-state index contributed by atoms with van der Waals surface area (Å²) in [4.78, 5) is 28.3. The third-order valence-corrected chi connectivity index (χ3v) is 2.15. The number of carbonyl (C=O) groups is 1. The van der Waals surface area contributed by atoms with Gasteiger partial charge in [-0.05, 0) is 12.8 Å². The number of aromatic nitrogens is 2. The summed E-state index contributed by atoms with van der Waals surface area (Å²) < 4.78 is 0. The Morgan fingerprint density at radius 1 is 1.31 bits per heavy atom. The highest BCUT2D eigenvalue weighted by atomic mass is 16.1. The molecule has 5 nitrogen and oxygen atoms in total. The fourth-order valence-corrected chi connectivity index (χ4v) is 1.59. The van der Waals surface area contributed by atoms with Gasteiger partial charge in [-0.1, -0.05) is 0 Å². The van der Waals surface area contributed by atoms with Crippen LogP contribution in [0.15, 0.2) is 4.79 Å². The van der Waals surface area contributed by atoms with E-state index in [0.29, 0.717) is 24.1 Å². The summed E-state index contributed by atoms with van der Waals surface area (Å²) in [6.45, 7) is 0. The number of aryl methyl sites for hydroxylation is 1. The van der Waals surface area contributed by atoms with Gasteiger partial charge < -0.3 is 10.7 Å². The second kappa shape index (κ2) is 2.69. The molecule has 0 unspecified atom stereocenters. The number of hydrogen-bond acceptors (Lipinski definition) is 4. The summed E-state index contributed by atoms with van der Waals surface area (Å²) >= 11 is 0. The number of nitrogens with one attached hydrogen (secondary N) is 1. The van der Waals surface area contributed by atoms with Crippen molar-refractivity contribution in [2.45, 2.75) is 19.3 Å². The molecule has 0 fully saturated rings. The number of H-pyrrole nitrogens is 1. The molecule has 68 valence electrons. The number of carbonyl (C=O) groups excluding carboxylic acids is 1. The normalized spacial score (nSPS) is 15.5. The topological polar surface area (TPSA) is 88.8 Å². The molecule has 0 amide bonds. The first-order chi connectivity index (χ1) is 6.18. The lowest BCUT2D eigenvalue weighted by Gasteiger charge is -2.14. The van der Waals surface area contributed by atoms with Crippen LogP contribution >= 0.6 is 0 Å². The molecular formula is C8H9N3O2. The molecule has 5 heteroatoms. The van der Waals surface area contributed by atoms with Crippen molar-refractivity contribution in [3.63, 3.8) is 0 Å². The molecule has 1 heterocycles. The Bertz CT molecular complexity index is 422. The molecule has 1 aliphatic carbocycles. The molecule has 1 aliphatic rings. The van der Waals surface area contributed by atoms with Crippen LogP contribution in [-0.4, -0.2) is 15.8 Å². The predicted molar refractivity (Wildman–Crippen MR) is 46.5 cm³/mol. The number of nitrogen functional groups attached to an aromatic ring is 1. The van der Waals surface area contributed by atoms with Gasteiger partial charge in [0.25, 0.3) is 0 Å². The molecule has 0 atom stereocenters. The van der Waals surface area contributed by atoms with Gasteiger partial charge >= 0.3 is 5.69 Å². The van der Waals surface area contributed by atoms with Crippen molar-refractivity contribution in [3.8, 4) is 0 Å². The van der Waals surface area contributed by atoms with Gasteiger partial charge in [0.05, 0.1) is 5.56 Å². The lowest BCUT2D eigenvalue weighted by atomic mass is 9.95. The minimum atomic E-state index is -0.481. The average Bonchev–Trinajstić information content (AvgIpc) is 2.02. The zero-order valence-electron chi connectivity index (χ0n) is 6.96. The zero-order valence-corrected chi connectivity index (χ0v) is 6.96. The first-order valence-electron chi connectivity index (χ1n) is 4.10. The molecule has 1 aromatic heterocycles. The van der Waals surface area contributed by atoms with Crippen molar-refractivity contribution in [3.05, 3.63) is 21.7 Å².